The number of ether oxygens (including phenoxy) is 2. The van der Waals surface area contributed by atoms with Crippen molar-refractivity contribution in [2.75, 3.05) is 27.3 Å². The van der Waals surface area contributed by atoms with Gasteiger partial charge in [0.25, 0.3) is 0 Å². The first-order valence-corrected chi connectivity index (χ1v) is 9.68. The number of carbonyl (C=O) groups excluding carboxylic acids is 1. The first-order chi connectivity index (χ1) is 15.6. The number of Topliss-reactive ketones (excluding diaryl/α,β-unsaturated/α-hetero) is 1. The van der Waals surface area contributed by atoms with Crippen LogP contribution >= 0.6 is 0 Å². The Hall–Kier alpha value is -2.33. The average molecular weight is 385 g/mol. The molecule has 1 fully saturated rings. The molecule has 148 valence electrons. The van der Waals surface area contributed by atoms with E-state index in [2.05, 4.69) is 0 Å². The summed E-state index contributed by atoms with van der Waals surface area (Å²) < 4.78 is 54.1. The summed E-state index contributed by atoms with van der Waals surface area (Å²) in [6, 6.07) is 12.0. The number of hydrogen-bond acceptors (Lipinski definition) is 4. The van der Waals surface area contributed by atoms with Crippen LogP contribution in [0.4, 0.5) is 0 Å². The third-order valence-electron chi connectivity index (χ3n) is 5.50. The summed E-state index contributed by atoms with van der Waals surface area (Å²) in [4.78, 5) is 15.1. The summed E-state index contributed by atoms with van der Waals surface area (Å²) in [5.74, 6) is -1.87. The summed E-state index contributed by atoms with van der Waals surface area (Å²) in [6.45, 7) is -0.644. The molecule has 0 radical (unpaired) electrons. The molecule has 4 heteroatoms. The second-order valence-corrected chi connectivity index (χ2v) is 7.30. The van der Waals surface area contributed by atoms with Gasteiger partial charge in [0, 0.05) is 24.8 Å². The Bertz CT molecular complexity index is 1040. The third kappa shape index (κ3) is 3.93. The van der Waals surface area contributed by atoms with Crippen LogP contribution in [0.25, 0.3) is 0 Å². The van der Waals surface area contributed by atoms with Crippen LogP contribution in [0.3, 0.4) is 0 Å². The Labute approximate surface area is 174 Å². The van der Waals surface area contributed by atoms with E-state index in [1.54, 1.807) is 17.0 Å². The number of benzene rings is 2. The second kappa shape index (κ2) is 8.36. The van der Waals surface area contributed by atoms with Crippen molar-refractivity contribution in [1.82, 2.24) is 4.90 Å². The lowest BCUT2D eigenvalue weighted by molar-refractivity contribution is 0.0895. The number of nitrogens with zero attached hydrogens (tertiary/aromatic N) is 1. The number of hydrogen-bond donors (Lipinski definition) is 0. The van der Waals surface area contributed by atoms with Gasteiger partial charge >= 0.3 is 0 Å². The molecule has 1 aliphatic heterocycles. The Morgan fingerprint density at radius 2 is 1.82 bits per heavy atom. The second-order valence-electron chi connectivity index (χ2n) is 7.30. The number of piperidine rings is 1. The van der Waals surface area contributed by atoms with Crippen molar-refractivity contribution in [3.8, 4) is 11.5 Å². The topological polar surface area (TPSA) is 38.8 Å². The maximum atomic E-state index is 13.3. The molecule has 2 aromatic rings. The Morgan fingerprint density at radius 3 is 2.50 bits per heavy atom. The van der Waals surface area contributed by atoms with E-state index in [9.17, 15) is 4.79 Å². The van der Waals surface area contributed by atoms with Gasteiger partial charge in [0.15, 0.2) is 17.3 Å². The van der Waals surface area contributed by atoms with Gasteiger partial charge in [0.2, 0.25) is 0 Å². The fourth-order valence-electron chi connectivity index (χ4n) is 3.93. The minimum absolute atomic E-state index is 0.0533. The van der Waals surface area contributed by atoms with Gasteiger partial charge in [-0.1, -0.05) is 30.3 Å². The molecule has 1 aliphatic carbocycles. The predicted octanol–water partition coefficient (Wildman–Crippen LogP) is 4.36. The molecule has 0 spiro atoms. The van der Waals surface area contributed by atoms with Gasteiger partial charge < -0.3 is 9.47 Å². The van der Waals surface area contributed by atoms with Crippen LogP contribution < -0.4 is 9.47 Å². The summed E-state index contributed by atoms with van der Waals surface area (Å²) in [7, 11) is 2.90. The fraction of sp³-hybridized carbons (Fsp3) is 0.458. The van der Waals surface area contributed by atoms with Gasteiger partial charge in [-0.2, -0.15) is 0 Å². The van der Waals surface area contributed by atoms with Crippen molar-refractivity contribution in [3.63, 3.8) is 0 Å². The van der Waals surface area contributed by atoms with Crippen molar-refractivity contribution < 1.29 is 21.1 Å². The molecule has 1 atom stereocenters. The lowest BCUT2D eigenvalue weighted by atomic mass is 9.85. The quantitative estimate of drug-likeness (QED) is 0.742. The van der Waals surface area contributed by atoms with E-state index >= 15 is 0 Å². The smallest absolute Gasteiger partial charge is 0.166 e. The lowest BCUT2D eigenvalue weighted by Crippen LogP contribution is -2.34. The molecule has 2 aromatic carbocycles. The molecule has 1 saturated heterocycles. The van der Waals surface area contributed by atoms with E-state index in [-0.39, 0.29) is 23.5 Å². The minimum atomic E-state index is -2.17. The molecule has 0 saturated carbocycles. The molecule has 4 rings (SSSR count). The maximum Gasteiger partial charge on any atom is 0.166 e. The van der Waals surface area contributed by atoms with Crippen LogP contribution in [0.1, 0.15) is 47.6 Å². The minimum Gasteiger partial charge on any atom is -0.493 e. The SMILES string of the molecule is [2H]C([2H])(c1ccccc1)N1CCC(CC2([2H])C(=O)c3cc(OC)c(OC)cc3C2([2H])[2H])CC1. The highest BCUT2D eigenvalue weighted by molar-refractivity contribution is 6.02. The molecule has 28 heavy (non-hydrogen) atoms. The van der Waals surface area contributed by atoms with E-state index in [0.29, 0.717) is 43.0 Å². The van der Waals surface area contributed by atoms with Gasteiger partial charge in [-0.25, -0.2) is 0 Å². The Kier molecular flexibility index (Phi) is 4.11. The van der Waals surface area contributed by atoms with Gasteiger partial charge in [0.1, 0.15) is 0 Å². The molecule has 1 unspecified atom stereocenters. The molecular formula is C24H29NO3. The maximum absolute atomic E-state index is 13.3. The van der Waals surface area contributed by atoms with Crippen LogP contribution in [0, 0.1) is 11.8 Å². The Morgan fingerprint density at radius 1 is 1.14 bits per heavy atom. The number of carbonyl (C=O) groups is 1. The summed E-state index contributed by atoms with van der Waals surface area (Å²) >= 11 is 0. The van der Waals surface area contributed by atoms with Gasteiger partial charge in [0.05, 0.1) is 14.2 Å². The number of fused-ring (bicyclic) bond motifs is 1. The summed E-state index contributed by atoms with van der Waals surface area (Å²) in [5, 5.41) is 0. The van der Waals surface area contributed by atoms with Crippen LogP contribution in [0.5, 0.6) is 11.5 Å². The molecule has 2 aliphatic rings. The van der Waals surface area contributed by atoms with Crippen LogP contribution in [-0.4, -0.2) is 38.0 Å². The number of rotatable bonds is 6. The highest BCUT2D eigenvalue weighted by Crippen LogP contribution is 2.39. The fourth-order valence-corrected chi connectivity index (χ4v) is 3.93. The van der Waals surface area contributed by atoms with Gasteiger partial charge in [-0.15, -0.1) is 0 Å². The number of methoxy groups -OCH3 is 2. The third-order valence-corrected chi connectivity index (χ3v) is 5.50. The predicted molar refractivity (Wildman–Crippen MR) is 110 cm³/mol. The molecule has 4 nitrogen and oxygen atoms in total. The first-order valence-electron chi connectivity index (χ1n) is 12.2. The first kappa shape index (κ1) is 13.8. The molecule has 0 amide bonds. The highest BCUT2D eigenvalue weighted by Gasteiger charge is 2.34. The van der Waals surface area contributed by atoms with E-state index in [1.165, 1.54) is 26.4 Å². The average Bonchev–Trinajstić information content (AvgIpc) is 2.96. The summed E-state index contributed by atoms with van der Waals surface area (Å²) in [6.07, 6.45) is -0.895. The van der Waals surface area contributed by atoms with Crippen molar-refractivity contribution >= 4 is 5.78 Å². The molecule has 0 aromatic heterocycles. The monoisotopic (exact) mass is 384 g/mol. The largest absolute Gasteiger partial charge is 0.493 e. The van der Waals surface area contributed by atoms with Crippen molar-refractivity contribution in [2.24, 2.45) is 11.8 Å². The van der Waals surface area contributed by atoms with Gasteiger partial charge in [-0.3, -0.25) is 9.69 Å². The number of ketones is 1. The number of likely N-dealkylation sites (tertiary alicyclic amines) is 1. The van der Waals surface area contributed by atoms with E-state index in [1.807, 2.05) is 18.2 Å². The van der Waals surface area contributed by atoms with Crippen molar-refractivity contribution in [3.05, 3.63) is 59.2 Å². The van der Waals surface area contributed by atoms with E-state index in [0.717, 1.165) is 0 Å². The zero-order valence-electron chi connectivity index (χ0n) is 21.3. The lowest BCUT2D eigenvalue weighted by Gasteiger charge is -2.32. The zero-order chi connectivity index (χ0) is 24.0. The highest BCUT2D eigenvalue weighted by atomic mass is 16.5. The van der Waals surface area contributed by atoms with Crippen LogP contribution in [0.15, 0.2) is 42.5 Å². The molecule has 1 heterocycles. The zero-order valence-corrected chi connectivity index (χ0v) is 16.3. The van der Waals surface area contributed by atoms with Gasteiger partial charge in [-0.05, 0) is 67.9 Å². The van der Waals surface area contributed by atoms with Crippen LogP contribution in [0.2, 0.25) is 0 Å². The molecular weight excluding hydrogens is 350 g/mol. The molecule has 0 N–H and O–H groups in total. The summed E-state index contributed by atoms with van der Waals surface area (Å²) in [5.41, 5.74) is 0.935. The van der Waals surface area contributed by atoms with Crippen LogP contribution in [-0.2, 0) is 12.9 Å². The standard InChI is InChI=1S/C24H29NO3/c1-27-22-14-19-13-20(24(26)21(19)15-23(22)28-2)12-17-8-10-25(11-9-17)16-18-6-4-3-5-7-18/h3-7,14-15,17,20H,8-13,16H2,1-2H3/i13D2,16D2,20D. The normalized spacial score (nSPS) is 27.8. The van der Waals surface area contributed by atoms with E-state index in [4.69, 9.17) is 16.3 Å². The van der Waals surface area contributed by atoms with Crippen molar-refractivity contribution in [2.45, 2.75) is 32.1 Å². The van der Waals surface area contributed by atoms with Crippen molar-refractivity contribution in [1.29, 1.82) is 0 Å². The van der Waals surface area contributed by atoms with E-state index < -0.39 is 24.5 Å². The molecule has 0 bridgehead atoms. The Balaban J connectivity index is 1.52.